The summed E-state index contributed by atoms with van der Waals surface area (Å²) in [6.07, 6.45) is 1.66. The minimum Gasteiger partial charge on any atom is -0.302 e. The van der Waals surface area contributed by atoms with Gasteiger partial charge in [0.1, 0.15) is 0 Å². The second kappa shape index (κ2) is 6.65. The third-order valence-electron chi connectivity index (χ3n) is 2.62. The molecule has 1 aromatic carbocycles. The predicted octanol–water partition coefficient (Wildman–Crippen LogP) is 3.09. The molecule has 0 aliphatic rings. The number of carbonyl (C=O) groups is 1. The van der Waals surface area contributed by atoms with Crippen LogP contribution >= 0.6 is 22.9 Å². The molecule has 19 heavy (non-hydrogen) atoms. The van der Waals surface area contributed by atoms with Gasteiger partial charge in [-0.25, -0.2) is 4.98 Å². The molecule has 2 N–H and O–H groups in total. The SMILES string of the molecule is CC(NCC(=O)Nc1nccs1)c1ccc(Cl)cc1. The lowest BCUT2D eigenvalue weighted by Gasteiger charge is -2.13. The Morgan fingerprint density at radius 3 is 2.79 bits per heavy atom. The molecule has 1 unspecified atom stereocenters. The summed E-state index contributed by atoms with van der Waals surface area (Å²) in [5.74, 6) is -0.101. The van der Waals surface area contributed by atoms with Crippen molar-refractivity contribution in [1.82, 2.24) is 10.3 Å². The van der Waals surface area contributed by atoms with Crippen molar-refractivity contribution in [3.8, 4) is 0 Å². The smallest absolute Gasteiger partial charge is 0.240 e. The fourth-order valence-electron chi connectivity index (χ4n) is 1.56. The molecule has 6 heteroatoms. The van der Waals surface area contributed by atoms with Gasteiger partial charge in [0.2, 0.25) is 5.91 Å². The quantitative estimate of drug-likeness (QED) is 0.891. The highest BCUT2D eigenvalue weighted by Crippen LogP contribution is 2.16. The van der Waals surface area contributed by atoms with Crippen molar-refractivity contribution in [3.63, 3.8) is 0 Å². The van der Waals surface area contributed by atoms with Gasteiger partial charge in [0.15, 0.2) is 5.13 Å². The summed E-state index contributed by atoms with van der Waals surface area (Å²) in [7, 11) is 0. The van der Waals surface area contributed by atoms with Gasteiger partial charge in [-0.15, -0.1) is 11.3 Å². The summed E-state index contributed by atoms with van der Waals surface area (Å²) in [5.41, 5.74) is 1.09. The van der Waals surface area contributed by atoms with Crippen LogP contribution in [0.4, 0.5) is 5.13 Å². The highest BCUT2D eigenvalue weighted by molar-refractivity contribution is 7.13. The van der Waals surface area contributed by atoms with Crippen LogP contribution in [0.2, 0.25) is 5.02 Å². The highest BCUT2D eigenvalue weighted by atomic mass is 35.5. The zero-order valence-electron chi connectivity index (χ0n) is 10.4. The molecule has 0 saturated heterocycles. The molecule has 0 spiro atoms. The van der Waals surface area contributed by atoms with Crippen LogP contribution in [0.15, 0.2) is 35.8 Å². The minimum absolute atomic E-state index is 0.0827. The second-order valence-electron chi connectivity index (χ2n) is 4.04. The van der Waals surface area contributed by atoms with Gasteiger partial charge in [-0.05, 0) is 24.6 Å². The molecule has 100 valence electrons. The Kier molecular flexibility index (Phi) is 4.90. The van der Waals surface area contributed by atoms with Gasteiger partial charge in [0.25, 0.3) is 0 Å². The van der Waals surface area contributed by atoms with Crippen molar-refractivity contribution >= 4 is 34.0 Å². The van der Waals surface area contributed by atoms with Crippen molar-refractivity contribution < 1.29 is 4.79 Å². The topological polar surface area (TPSA) is 54.0 Å². The first kappa shape index (κ1) is 14.0. The molecule has 0 radical (unpaired) electrons. The Morgan fingerprint density at radius 1 is 1.42 bits per heavy atom. The van der Waals surface area contributed by atoms with E-state index in [2.05, 4.69) is 15.6 Å². The van der Waals surface area contributed by atoms with Crippen LogP contribution in [0.5, 0.6) is 0 Å². The summed E-state index contributed by atoms with van der Waals surface area (Å²) >= 11 is 7.23. The van der Waals surface area contributed by atoms with Gasteiger partial charge in [-0.2, -0.15) is 0 Å². The largest absolute Gasteiger partial charge is 0.302 e. The summed E-state index contributed by atoms with van der Waals surface area (Å²) in [5, 5.41) is 9.02. The molecular formula is C13H14ClN3OS. The fourth-order valence-corrected chi connectivity index (χ4v) is 2.23. The van der Waals surface area contributed by atoms with Crippen LogP contribution in [0.25, 0.3) is 0 Å². The maximum Gasteiger partial charge on any atom is 0.240 e. The fraction of sp³-hybridized carbons (Fsp3) is 0.231. The molecule has 1 amide bonds. The number of anilines is 1. The van der Waals surface area contributed by atoms with E-state index in [1.807, 2.05) is 36.6 Å². The second-order valence-corrected chi connectivity index (χ2v) is 5.37. The molecule has 0 bridgehead atoms. The molecule has 1 heterocycles. The van der Waals surface area contributed by atoms with E-state index in [1.165, 1.54) is 11.3 Å². The van der Waals surface area contributed by atoms with Crippen LogP contribution in [0.3, 0.4) is 0 Å². The normalized spacial score (nSPS) is 12.1. The number of rotatable bonds is 5. The van der Waals surface area contributed by atoms with Crippen molar-refractivity contribution in [2.45, 2.75) is 13.0 Å². The van der Waals surface area contributed by atoms with E-state index >= 15 is 0 Å². The standard InChI is InChI=1S/C13H14ClN3OS/c1-9(10-2-4-11(14)5-3-10)16-8-12(18)17-13-15-6-7-19-13/h2-7,9,16H,8H2,1H3,(H,15,17,18). The van der Waals surface area contributed by atoms with Gasteiger partial charge in [-0.1, -0.05) is 23.7 Å². The average molecular weight is 296 g/mol. The van der Waals surface area contributed by atoms with Crippen molar-refractivity contribution in [2.24, 2.45) is 0 Å². The molecule has 1 atom stereocenters. The van der Waals surface area contributed by atoms with Gasteiger partial charge in [0.05, 0.1) is 6.54 Å². The number of thiazole rings is 1. The third-order valence-corrected chi connectivity index (χ3v) is 3.56. The van der Waals surface area contributed by atoms with E-state index in [1.54, 1.807) is 6.20 Å². The Morgan fingerprint density at radius 2 is 2.16 bits per heavy atom. The van der Waals surface area contributed by atoms with Gasteiger partial charge in [0, 0.05) is 22.6 Å². The molecule has 0 fully saturated rings. The summed E-state index contributed by atoms with van der Waals surface area (Å²) in [4.78, 5) is 15.7. The molecule has 0 saturated carbocycles. The molecule has 2 aromatic rings. The van der Waals surface area contributed by atoms with E-state index in [0.29, 0.717) is 10.2 Å². The number of carbonyl (C=O) groups excluding carboxylic acids is 1. The lowest BCUT2D eigenvalue weighted by Crippen LogP contribution is -2.30. The first-order valence-electron chi connectivity index (χ1n) is 5.83. The van der Waals surface area contributed by atoms with Gasteiger partial charge < -0.3 is 10.6 Å². The minimum atomic E-state index is -0.101. The van der Waals surface area contributed by atoms with E-state index < -0.39 is 0 Å². The number of nitrogens with one attached hydrogen (secondary N) is 2. The maximum atomic E-state index is 11.7. The molecule has 1 aromatic heterocycles. The molecule has 2 rings (SSSR count). The molecule has 0 aliphatic carbocycles. The third kappa shape index (κ3) is 4.31. The number of amides is 1. The summed E-state index contributed by atoms with van der Waals surface area (Å²) in [6.45, 7) is 2.24. The highest BCUT2D eigenvalue weighted by Gasteiger charge is 2.08. The summed E-state index contributed by atoms with van der Waals surface area (Å²) < 4.78 is 0. The van der Waals surface area contributed by atoms with Crippen LogP contribution in [-0.4, -0.2) is 17.4 Å². The Balaban J connectivity index is 1.81. The van der Waals surface area contributed by atoms with E-state index in [9.17, 15) is 4.79 Å². The number of hydrogen-bond donors (Lipinski definition) is 2. The maximum absolute atomic E-state index is 11.7. The summed E-state index contributed by atoms with van der Waals surface area (Å²) in [6, 6.07) is 7.65. The van der Waals surface area contributed by atoms with Gasteiger partial charge in [-0.3, -0.25) is 4.79 Å². The number of aromatic nitrogens is 1. The van der Waals surface area contributed by atoms with E-state index in [-0.39, 0.29) is 18.5 Å². The van der Waals surface area contributed by atoms with Crippen LogP contribution < -0.4 is 10.6 Å². The number of hydrogen-bond acceptors (Lipinski definition) is 4. The predicted molar refractivity (Wildman–Crippen MR) is 78.6 cm³/mol. The molecule has 0 aliphatic heterocycles. The first-order valence-corrected chi connectivity index (χ1v) is 7.09. The Labute approximate surface area is 120 Å². The Bertz CT molecular complexity index is 527. The monoisotopic (exact) mass is 295 g/mol. The number of nitrogens with zero attached hydrogens (tertiary/aromatic N) is 1. The average Bonchev–Trinajstić information content (AvgIpc) is 2.89. The van der Waals surface area contributed by atoms with Crippen molar-refractivity contribution in [1.29, 1.82) is 0 Å². The first-order chi connectivity index (χ1) is 9.15. The number of halogens is 1. The van der Waals surface area contributed by atoms with Crippen LogP contribution in [0, 0.1) is 0 Å². The zero-order chi connectivity index (χ0) is 13.7. The number of benzene rings is 1. The van der Waals surface area contributed by atoms with Crippen molar-refractivity contribution in [2.75, 3.05) is 11.9 Å². The molecular weight excluding hydrogens is 282 g/mol. The van der Waals surface area contributed by atoms with Gasteiger partial charge >= 0.3 is 0 Å². The van der Waals surface area contributed by atoms with Crippen LogP contribution in [-0.2, 0) is 4.79 Å². The lowest BCUT2D eigenvalue weighted by molar-refractivity contribution is -0.115. The lowest BCUT2D eigenvalue weighted by atomic mass is 10.1. The van der Waals surface area contributed by atoms with Crippen molar-refractivity contribution in [3.05, 3.63) is 46.4 Å². The van der Waals surface area contributed by atoms with E-state index in [0.717, 1.165) is 5.56 Å². The zero-order valence-corrected chi connectivity index (χ0v) is 12.0. The molecule has 4 nitrogen and oxygen atoms in total. The van der Waals surface area contributed by atoms with E-state index in [4.69, 9.17) is 11.6 Å². The Hall–Kier alpha value is -1.43. The van der Waals surface area contributed by atoms with Crippen LogP contribution in [0.1, 0.15) is 18.5 Å².